The number of aromatic nitrogens is 2. The number of H-pyrrole nitrogens is 1. The van der Waals surface area contributed by atoms with Crippen LogP contribution in [0.25, 0.3) is 11.0 Å². The summed E-state index contributed by atoms with van der Waals surface area (Å²) in [5, 5.41) is 8.05. The summed E-state index contributed by atoms with van der Waals surface area (Å²) in [7, 11) is 0. The van der Waals surface area contributed by atoms with Crippen molar-refractivity contribution in [2.24, 2.45) is 0 Å². The summed E-state index contributed by atoms with van der Waals surface area (Å²) in [6.07, 6.45) is 0.693. The second-order valence-corrected chi connectivity index (χ2v) is 5.68. The fraction of sp³-hybridized carbons (Fsp3) is 0.143. The Kier molecular flexibility index (Phi) is 3.24. The first kappa shape index (κ1) is 12.6. The van der Waals surface area contributed by atoms with Crippen LogP contribution >= 0.6 is 28.1 Å². The Morgan fingerprint density at radius 2 is 2.21 bits per heavy atom. The normalized spacial score (nSPS) is 11.1. The van der Waals surface area contributed by atoms with E-state index in [1.807, 2.05) is 31.2 Å². The topological polar surface area (TPSA) is 41.8 Å². The SMILES string of the molecule is Cc1n[nH]c(=S)cc1Cc1cc2cccc(Br)c2o1. The molecule has 0 radical (unpaired) electrons. The van der Waals surface area contributed by atoms with Gasteiger partial charge in [0.2, 0.25) is 0 Å². The van der Waals surface area contributed by atoms with Gasteiger partial charge < -0.3 is 4.42 Å². The van der Waals surface area contributed by atoms with Crippen molar-refractivity contribution in [3.05, 3.63) is 56.5 Å². The lowest BCUT2D eigenvalue weighted by Crippen LogP contribution is -1.96. The van der Waals surface area contributed by atoms with Crippen molar-refractivity contribution in [2.45, 2.75) is 13.3 Å². The zero-order chi connectivity index (χ0) is 13.4. The van der Waals surface area contributed by atoms with Gasteiger partial charge in [-0.3, -0.25) is 5.10 Å². The van der Waals surface area contributed by atoms with E-state index in [0.29, 0.717) is 11.1 Å². The highest BCUT2D eigenvalue weighted by atomic mass is 79.9. The highest BCUT2D eigenvalue weighted by Crippen LogP contribution is 2.28. The van der Waals surface area contributed by atoms with Gasteiger partial charge in [0.15, 0.2) is 0 Å². The average molecular weight is 335 g/mol. The third-order valence-corrected chi connectivity index (χ3v) is 3.85. The van der Waals surface area contributed by atoms with Crippen LogP contribution in [0.2, 0.25) is 0 Å². The maximum atomic E-state index is 5.88. The lowest BCUT2D eigenvalue weighted by atomic mass is 10.1. The second-order valence-electron chi connectivity index (χ2n) is 4.39. The summed E-state index contributed by atoms with van der Waals surface area (Å²) >= 11 is 8.60. The smallest absolute Gasteiger partial charge is 0.148 e. The number of rotatable bonds is 2. The molecule has 0 bridgehead atoms. The summed E-state index contributed by atoms with van der Waals surface area (Å²) in [5.74, 6) is 0.910. The maximum Gasteiger partial charge on any atom is 0.148 e. The Morgan fingerprint density at radius 1 is 1.37 bits per heavy atom. The molecule has 0 atom stereocenters. The number of para-hydroxylation sites is 1. The van der Waals surface area contributed by atoms with Gasteiger partial charge in [-0.05, 0) is 46.6 Å². The number of hydrogen-bond acceptors (Lipinski definition) is 3. The van der Waals surface area contributed by atoms with Gasteiger partial charge in [-0.2, -0.15) is 5.10 Å². The van der Waals surface area contributed by atoms with Gasteiger partial charge in [0.05, 0.1) is 10.2 Å². The molecule has 0 unspecified atom stereocenters. The molecule has 2 aromatic heterocycles. The molecule has 0 aliphatic rings. The van der Waals surface area contributed by atoms with E-state index in [4.69, 9.17) is 16.6 Å². The lowest BCUT2D eigenvalue weighted by molar-refractivity contribution is 0.560. The van der Waals surface area contributed by atoms with E-state index in [0.717, 1.165) is 32.5 Å². The van der Waals surface area contributed by atoms with E-state index in [1.54, 1.807) is 0 Å². The molecule has 19 heavy (non-hydrogen) atoms. The fourth-order valence-corrected chi connectivity index (χ4v) is 2.69. The third kappa shape index (κ3) is 2.48. The molecule has 0 saturated carbocycles. The minimum absolute atomic E-state index is 0.637. The molecule has 1 aromatic carbocycles. The van der Waals surface area contributed by atoms with E-state index in [-0.39, 0.29) is 0 Å². The molecule has 3 aromatic rings. The van der Waals surface area contributed by atoms with Crippen LogP contribution in [0.3, 0.4) is 0 Å². The second kappa shape index (κ2) is 4.90. The first-order valence-electron chi connectivity index (χ1n) is 5.85. The van der Waals surface area contributed by atoms with Crippen molar-refractivity contribution in [1.82, 2.24) is 10.2 Å². The van der Waals surface area contributed by atoms with E-state index in [9.17, 15) is 0 Å². The van der Waals surface area contributed by atoms with Gasteiger partial charge in [-0.15, -0.1) is 0 Å². The molecule has 96 valence electrons. The minimum Gasteiger partial charge on any atom is -0.460 e. The van der Waals surface area contributed by atoms with Crippen molar-refractivity contribution >= 4 is 39.1 Å². The Morgan fingerprint density at radius 3 is 3.00 bits per heavy atom. The number of aryl methyl sites for hydroxylation is 1. The fourth-order valence-electron chi connectivity index (χ4n) is 2.04. The Hall–Kier alpha value is -1.46. The first-order chi connectivity index (χ1) is 9.13. The van der Waals surface area contributed by atoms with Crippen LogP contribution in [0.4, 0.5) is 0 Å². The highest BCUT2D eigenvalue weighted by Gasteiger charge is 2.09. The molecule has 3 rings (SSSR count). The standard InChI is InChI=1S/C14H11BrN2OS/c1-8-10(7-13(19)17-16-8)6-11-5-9-3-2-4-12(15)14(9)18-11/h2-5,7H,6H2,1H3,(H,17,19). The maximum absolute atomic E-state index is 5.88. The van der Waals surface area contributed by atoms with Crippen molar-refractivity contribution in [2.75, 3.05) is 0 Å². The van der Waals surface area contributed by atoms with Gasteiger partial charge >= 0.3 is 0 Å². The predicted molar refractivity (Wildman–Crippen MR) is 80.9 cm³/mol. The van der Waals surface area contributed by atoms with Crippen LogP contribution < -0.4 is 0 Å². The number of furan rings is 1. The summed E-state index contributed by atoms with van der Waals surface area (Å²) in [4.78, 5) is 0. The van der Waals surface area contributed by atoms with Gasteiger partial charge in [-0.25, -0.2) is 0 Å². The predicted octanol–water partition coefficient (Wildman–Crippen LogP) is 4.55. The molecular weight excluding hydrogens is 324 g/mol. The first-order valence-corrected chi connectivity index (χ1v) is 7.06. The van der Waals surface area contributed by atoms with Crippen LogP contribution in [-0.4, -0.2) is 10.2 Å². The van der Waals surface area contributed by atoms with Crippen molar-refractivity contribution in [1.29, 1.82) is 0 Å². The van der Waals surface area contributed by atoms with E-state index in [1.165, 1.54) is 0 Å². The zero-order valence-corrected chi connectivity index (χ0v) is 12.6. The highest BCUT2D eigenvalue weighted by molar-refractivity contribution is 9.10. The number of aromatic amines is 1. The summed E-state index contributed by atoms with van der Waals surface area (Å²) < 4.78 is 7.48. The molecule has 0 spiro atoms. The quantitative estimate of drug-likeness (QED) is 0.699. The zero-order valence-electron chi connectivity index (χ0n) is 10.2. The van der Waals surface area contributed by atoms with Crippen LogP contribution in [0, 0.1) is 11.6 Å². The molecular formula is C14H11BrN2OS. The monoisotopic (exact) mass is 334 g/mol. The van der Waals surface area contributed by atoms with Crippen LogP contribution in [-0.2, 0) is 6.42 Å². The summed E-state index contributed by atoms with van der Waals surface area (Å²) in [6, 6.07) is 9.99. The van der Waals surface area contributed by atoms with Crippen molar-refractivity contribution in [3.8, 4) is 0 Å². The number of benzene rings is 1. The Bertz CT molecular complexity index is 807. The van der Waals surface area contributed by atoms with Crippen LogP contribution in [0.15, 0.2) is 39.2 Å². The van der Waals surface area contributed by atoms with E-state index in [2.05, 4.69) is 32.2 Å². The summed E-state index contributed by atoms with van der Waals surface area (Å²) in [6.45, 7) is 1.96. The van der Waals surface area contributed by atoms with Gasteiger partial charge in [0, 0.05) is 11.8 Å². The van der Waals surface area contributed by atoms with E-state index >= 15 is 0 Å². The van der Waals surface area contributed by atoms with Crippen LogP contribution in [0.5, 0.6) is 0 Å². The molecule has 3 nitrogen and oxygen atoms in total. The van der Waals surface area contributed by atoms with Gasteiger partial charge in [-0.1, -0.05) is 24.4 Å². The molecule has 2 heterocycles. The number of halogens is 1. The van der Waals surface area contributed by atoms with E-state index < -0.39 is 0 Å². The molecule has 5 heteroatoms. The number of nitrogens with zero attached hydrogens (tertiary/aromatic N) is 1. The molecule has 0 fully saturated rings. The number of hydrogen-bond donors (Lipinski definition) is 1. The lowest BCUT2D eigenvalue weighted by Gasteiger charge is -2.01. The Labute approximate surface area is 123 Å². The van der Waals surface area contributed by atoms with Gasteiger partial charge in [0.1, 0.15) is 16.0 Å². The summed E-state index contributed by atoms with van der Waals surface area (Å²) in [5.41, 5.74) is 2.90. The molecule has 0 amide bonds. The molecule has 1 N–H and O–H groups in total. The molecule has 0 saturated heterocycles. The average Bonchev–Trinajstić information content (AvgIpc) is 2.78. The Balaban J connectivity index is 2.04. The van der Waals surface area contributed by atoms with Crippen LogP contribution in [0.1, 0.15) is 17.0 Å². The van der Waals surface area contributed by atoms with Crippen molar-refractivity contribution in [3.63, 3.8) is 0 Å². The van der Waals surface area contributed by atoms with Crippen molar-refractivity contribution < 1.29 is 4.42 Å². The number of fused-ring (bicyclic) bond motifs is 1. The van der Waals surface area contributed by atoms with Gasteiger partial charge in [0.25, 0.3) is 0 Å². The molecule has 0 aliphatic heterocycles. The minimum atomic E-state index is 0.637. The number of nitrogens with one attached hydrogen (secondary N) is 1. The molecule has 0 aliphatic carbocycles. The third-order valence-electron chi connectivity index (χ3n) is 3.02. The largest absolute Gasteiger partial charge is 0.460 e.